The minimum Gasteiger partial charge on any atom is -0.330 e. The summed E-state index contributed by atoms with van der Waals surface area (Å²) in [4.78, 5) is 26.4. The predicted octanol–water partition coefficient (Wildman–Crippen LogP) is 2.33. The highest BCUT2D eigenvalue weighted by Gasteiger charge is 2.33. The molecule has 1 saturated carbocycles. The number of hydrogen-bond donors (Lipinski definition) is 0. The van der Waals surface area contributed by atoms with Gasteiger partial charge in [0.2, 0.25) is 0 Å². The minimum absolute atomic E-state index is 0.133. The van der Waals surface area contributed by atoms with E-state index in [1.807, 2.05) is 17.0 Å². The van der Waals surface area contributed by atoms with Gasteiger partial charge in [-0.05, 0) is 24.5 Å². The number of pyridine rings is 1. The molecule has 0 aliphatic heterocycles. The molecule has 0 spiro atoms. The lowest BCUT2D eigenvalue weighted by Crippen LogP contribution is -2.33. The van der Waals surface area contributed by atoms with Crippen molar-refractivity contribution in [2.45, 2.75) is 25.4 Å². The average molecular weight is 289 g/mol. The molecule has 1 aliphatic carbocycles. The van der Waals surface area contributed by atoms with E-state index in [1.165, 1.54) is 12.4 Å². The Bertz CT molecular complexity index is 616. The van der Waals surface area contributed by atoms with Crippen LogP contribution in [0.25, 0.3) is 0 Å². The summed E-state index contributed by atoms with van der Waals surface area (Å²) in [5, 5.41) is 0.230. The van der Waals surface area contributed by atoms with Crippen LogP contribution in [0.2, 0.25) is 5.15 Å². The molecule has 0 atom stereocenters. The van der Waals surface area contributed by atoms with Crippen LogP contribution in [0.4, 0.5) is 0 Å². The molecular weight excluding hydrogens is 276 g/mol. The van der Waals surface area contributed by atoms with E-state index >= 15 is 0 Å². The Kier molecular flexibility index (Phi) is 3.60. The van der Waals surface area contributed by atoms with Crippen molar-refractivity contribution >= 4 is 17.5 Å². The van der Waals surface area contributed by atoms with Gasteiger partial charge in [0.25, 0.3) is 5.91 Å². The fourth-order valence-electron chi connectivity index (χ4n) is 2.03. The Labute approximate surface area is 121 Å². The average Bonchev–Trinajstić information content (AvgIpc) is 3.30. The first-order chi connectivity index (χ1) is 9.74. The van der Waals surface area contributed by atoms with Crippen LogP contribution in [0.5, 0.6) is 0 Å². The summed E-state index contributed by atoms with van der Waals surface area (Å²) in [7, 11) is 0. The topological polar surface area (TPSA) is 59.0 Å². The zero-order chi connectivity index (χ0) is 13.9. The van der Waals surface area contributed by atoms with E-state index in [1.54, 1.807) is 12.4 Å². The quantitative estimate of drug-likeness (QED) is 0.866. The molecule has 1 amide bonds. The minimum atomic E-state index is -0.133. The number of amides is 1. The third kappa shape index (κ3) is 2.93. The summed E-state index contributed by atoms with van der Waals surface area (Å²) in [6.07, 6.45) is 8.41. The van der Waals surface area contributed by atoms with Crippen molar-refractivity contribution in [2.75, 3.05) is 0 Å². The van der Waals surface area contributed by atoms with Gasteiger partial charge in [-0.3, -0.25) is 14.8 Å². The van der Waals surface area contributed by atoms with E-state index in [-0.39, 0.29) is 22.8 Å². The van der Waals surface area contributed by atoms with E-state index in [2.05, 4.69) is 15.0 Å². The van der Waals surface area contributed by atoms with E-state index in [0.29, 0.717) is 6.54 Å². The molecule has 0 N–H and O–H groups in total. The lowest BCUT2D eigenvalue weighted by molar-refractivity contribution is 0.0723. The van der Waals surface area contributed by atoms with Gasteiger partial charge in [0.1, 0.15) is 10.8 Å². The van der Waals surface area contributed by atoms with Gasteiger partial charge in [-0.25, -0.2) is 4.98 Å². The Balaban J connectivity index is 1.82. The largest absolute Gasteiger partial charge is 0.330 e. The van der Waals surface area contributed by atoms with Crippen LogP contribution in [0.1, 0.15) is 28.9 Å². The van der Waals surface area contributed by atoms with E-state index in [4.69, 9.17) is 11.6 Å². The van der Waals surface area contributed by atoms with Gasteiger partial charge in [0, 0.05) is 25.0 Å². The first-order valence-electron chi connectivity index (χ1n) is 6.41. The van der Waals surface area contributed by atoms with Crippen molar-refractivity contribution in [3.8, 4) is 0 Å². The molecule has 5 nitrogen and oxygen atoms in total. The molecule has 0 bridgehead atoms. The normalized spacial score (nSPS) is 14.1. The zero-order valence-corrected chi connectivity index (χ0v) is 11.5. The van der Waals surface area contributed by atoms with Crippen molar-refractivity contribution < 1.29 is 4.79 Å². The van der Waals surface area contributed by atoms with Crippen LogP contribution in [0.3, 0.4) is 0 Å². The second-order valence-corrected chi connectivity index (χ2v) is 5.14. The molecule has 2 heterocycles. The highest BCUT2D eigenvalue weighted by atomic mass is 35.5. The highest BCUT2D eigenvalue weighted by molar-refractivity contribution is 6.29. The second kappa shape index (κ2) is 5.54. The molecule has 0 unspecified atom stereocenters. The Morgan fingerprint density at radius 1 is 1.30 bits per heavy atom. The molecule has 20 heavy (non-hydrogen) atoms. The number of halogens is 1. The highest BCUT2D eigenvalue weighted by Crippen LogP contribution is 2.29. The molecular formula is C14H13ClN4O. The lowest BCUT2D eigenvalue weighted by Gasteiger charge is -2.21. The number of aromatic nitrogens is 3. The van der Waals surface area contributed by atoms with Gasteiger partial charge in [-0.1, -0.05) is 17.7 Å². The van der Waals surface area contributed by atoms with Gasteiger partial charge < -0.3 is 4.90 Å². The number of hydrogen-bond acceptors (Lipinski definition) is 4. The maximum Gasteiger partial charge on any atom is 0.274 e. The van der Waals surface area contributed by atoms with Gasteiger partial charge in [-0.15, -0.1) is 0 Å². The molecule has 1 fully saturated rings. The molecule has 102 valence electrons. The van der Waals surface area contributed by atoms with Crippen molar-refractivity contribution in [1.82, 2.24) is 19.9 Å². The first kappa shape index (κ1) is 13.0. The number of rotatable bonds is 4. The van der Waals surface area contributed by atoms with Crippen molar-refractivity contribution in [3.05, 3.63) is 53.3 Å². The molecule has 0 aromatic carbocycles. The Morgan fingerprint density at radius 3 is 2.80 bits per heavy atom. The molecule has 2 aromatic rings. The fourth-order valence-corrected chi connectivity index (χ4v) is 2.18. The third-order valence-electron chi connectivity index (χ3n) is 3.15. The van der Waals surface area contributed by atoms with Gasteiger partial charge >= 0.3 is 0 Å². The van der Waals surface area contributed by atoms with Gasteiger partial charge in [-0.2, -0.15) is 0 Å². The molecule has 0 saturated heterocycles. The van der Waals surface area contributed by atoms with E-state index in [0.717, 1.165) is 18.4 Å². The maximum atomic E-state index is 12.5. The maximum absolute atomic E-state index is 12.5. The summed E-state index contributed by atoms with van der Waals surface area (Å²) < 4.78 is 0. The molecule has 1 aliphatic rings. The van der Waals surface area contributed by atoms with Crippen LogP contribution >= 0.6 is 11.6 Å². The van der Waals surface area contributed by atoms with Crippen LogP contribution in [0.15, 0.2) is 36.9 Å². The smallest absolute Gasteiger partial charge is 0.274 e. The summed E-state index contributed by atoms with van der Waals surface area (Å²) >= 11 is 5.79. The van der Waals surface area contributed by atoms with Crippen molar-refractivity contribution in [2.24, 2.45) is 0 Å². The lowest BCUT2D eigenvalue weighted by atomic mass is 10.2. The molecule has 6 heteroatoms. The first-order valence-corrected chi connectivity index (χ1v) is 6.79. The SMILES string of the molecule is O=C(c1cncc(Cl)n1)N(Cc1cccnc1)C1CC1. The summed E-state index contributed by atoms with van der Waals surface area (Å²) in [5.41, 5.74) is 1.29. The summed E-state index contributed by atoms with van der Waals surface area (Å²) in [6.45, 7) is 0.533. The third-order valence-corrected chi connectivity index (χ3v) is 3.33. The Hall–Kier alpha value is -2.01. The predicted molar refractivity (Wildman–Crippen MR) is 74.2 cm³/mol. The van der Waals surface area contributed by atoms with Crippen molar-refractivity contribution in [3.63, 3.8) is 0 Å². The summed E-state index contributed by atoms with van der Waals surface area (Å²) in [6, 6.07) is 4.10. The van der Waals surface area contributed by atoms with Gasteiger partial charge in [0.15, 0.2) is 0 Å². The zero-order valence-electron chi connectivity index (χ0n) is 10.7. The van der Waals surface area contributed by atoms with Crippen LogP contribution in [-0.2, 0) is 6.54 Å². The molecule has 3 rings (SSSR count). The molecule has 2 aromatic heterocycles. The van der Waals surface area contributed by atoms with Crippen LogP contribution in [-0.4, -0.2) is 31.8 Å². The van der Waals surface area contributed by atoms with Gasteiger partial charge in [0.05, 0.1) is 12.4 Å². The summed E-state index contributed by atoms with van der Waals surface area (Å²) in [5.74, 6) is -0.133. The van der Waals surface area contributed by atoms with Crippen LogP contribution < -0.4 is 0 Å². The standard InChI is InChI=1S/C14H13ClN4O/c15-13-8-17-7-12(18-13)14(20)19(11-3-4-11)9-10-2-1-5-16-6-10/h1-2,5-8,11H,3-4,9H2. The number of carbonyl (C=O) groups is 1. The monoisotopic (exact) mass is 288 g/mol. The second-order valence-electron chi connectivity index (χ2n) is 4.75. The van der Waals surface area contributed by atoms with E-state index < -0.39 is 0 Å². The number of carbonyl (C=O) groups excluding carboxylic acids is 1. The van der Waals surface area contributed by atoms with Crippen molar-refractivity contribution in [1.29, 1.82) is 0 Å². The van der Waals surface area contributed by atoms with Crippen LogP contribution in [0, 0.1) is 0 Å². The fraction of sp³-hybridized carbons (Fsp3) is 0.286. The Morgan fingerprint density at radius 2 is 2.15 bits per heavy atom. The number of nitrogens with zero attached hydrogens (tertiary/aromatic N) is 4. The van der Waals surface area contributed by atoms with E-state index in [9.17, 15) is 4.79 Å². The molecule has 0 radical (unpaired) electrons.